The van der Waals surface area contributed by atoms with E-state index in [-0.39, 0.29) is 17.1 Å². The van der Waals surface area contributed by atoms with Crippen molar-refractivity contribution in [1.82, 2.24) is 0 Å². The number of hydrogen-bond donors (Lipinski definition) is 1. The Morgan fingerprint density at radius 2 is 2.16 bits per heavy atom. The lowest BCUT2D eigenvalue weighted by Crippen LogP contribution is -2.19. The highest BCUT2D eigenvalue weighted by molar-refractivity contribution is 7.91. The molecular formula is C12H15NO5S. The Balaban J connectivity index is 2.23. The predicted octanol–water partition coefficient (Wildman–Crippen LogP) is 0.621. The summed E-state index contributed by atoms with van der Waals surface area (Å²) in [5, 5.41) is 0. The summed E-state index contributed by atoms with van der Waals surface area (Å²) in [7, 11) is -1.77. The van der Waals surface area contributed by atoms with Crippen LogP contribution < -0.4 is 10.5 Å². The van der Waals surface area contributed by atoms with Crippen LogP contribution in [0.3, 0.4) is 0 Å². The molecule has 1 unspecified atom stereocenters. The van der Waals surface area contributed by atoms with Crippen molar-refractivity contribution in [2.75, 3.05) is 24.3 Å². The van der Waals surface area contributed by atoms with E-state index < -0.39 is 21.9 Å². The van der Waals surface area contributed by atoms with E-state index in [1.54, 1.807) is 12.1 Å². The van der Waals surface area contributed by atoms with Crippen molar-refractivity contribution in [3.8, 4) is 5.75 Å². The third kappa shape index (κ3) is 3.17. The molecule has 0 radical (unpaired) electrons. The molecule has 6 nitrogen and oxygen atoms in total. The van der Waals surface area contributed by atoms with Gasteiger partial charge in [0.05, 0.1) is 18.6 Å². The average molecular weight is 285 g/mol. The van der Waals surface area contributed by atoms with Crippen LogP contribution in [0.15, 0.2) is 18.2 Å². The molecule has 1 saturated heterocycles. The molecule has 104 valence electrons. The number of hydrogen-bond acceptors (Lipinski definition) is 6. The molecular weight excluding hydrogens is 270 g/mol. The maximum atomic E-state index is 11.6. The van der Waals surface area contributed by atoms with Crippen molar-refractivity contribution in [3.63, 3.8) is 0 Å². The molecule has 1 heterocycles. The van der Waals surface area contributed by atoms with Crippen molar-refractivity contribution in [3.05, 3.63) is 23.8 Å². The average Bonchev–Trinajstić information content (AvgIpc) is 2.70. The fraction of sp³-hybridized carbons (Fsp3) is 0.417. The monoisotopic (exact) mass is 285 g/mol. The SMILES string of the molecule is COC(=O)c1cc(N)ccc1OC1CCS(=O)(=O)C1. The molecule has 1 aliphatic heterocycles. The molecule has 0 amide bonds. The van der Waals surface area contributed by atoms with Crippen LogP contribution in [0.2, 0.25) is 0 Å². The van der Waals surface area contributed by atoms with Crippen molar-refractivity contribution in [2.24, 2.45) is 0 Å². The van der Waals surface area contributed by atoms with E-state index in [4.69, 9.17) is 10.5 Å². The smallest absolute Gasteiger partial charge is 0.341 e. The van der Waals surface area contributed by atoms with Crippen molar-refractivity contribution in [2.45, 2.75) is 12.5 Å². The van der Waals surface area contributed by atoms with Crippen LogP contribution >= 0.6 is 0 Å². The van der Waals surface area contributed by atoms with Gasteiger partial charge in [0, 0.05) is 5.69 Å². The van der Waals surface area contributed by atoms with Gasteiger partial charge in [-0.1, -0.05) is 0 Å². The van der Waals surface area contributed by atoms with E-state index in [0.29, 0.717) is 17.9 Å². The Hall–Kier alpha value is -1.76. The summed E-state index contributed by atoms with van der Waals surface area (Å²) in [6.45, 7) is 0. The zero-order valence-corrected chi connectivity index (χ0v) is 11.3. The number of rotatable bonds is 3. The van der Waals surface area contributed by atoms with Gasteiger partial charge in [0.1, 0.15) is 17.4 Å². The zero-order chi connectivity index (χ0) is 14.0. The molecule has 7 heteroatoms. The number of benzene rings is 1. The minimum Gasteiger partial charge on any atom is -0.488 e. The molecule has 1 aliphatic rings. The second kappa shape index (κ2) is 5.08. The van der Waals surface area contributed by atoms with Crippen LogP contribution in [0.25, 0.3) is 0 Å². The third-order valence-electron chi connectivity index (χ3n) is 2.89. The number of sulfone groups is 1. The molecule has 0 aliphatic carbocycles. The zero-order valence-electron chi connectivity index (χ0n) is 10.5. The van der Waals surface area contributed by atoms with E-state index in [9.17, 15) is 13.2 Å². The first-order valence-corrected chi connectivity index (χ1v) is 7.58. The van der Waals surface area contributed by atoms with Gasteiger partial charge >= 0.3 is 5.97 Å². The number of nitrogens with two attached hydrogens (primary N) is 1. The lowest BCUT2D eigenvalue weighted by Gasteiger charge is -2.15. The summed E-state index contributed by atoms with van der Waals surface area (Å²) in [5.41, 5.74) is 6.22. The summed E-state index contributed by atoms with van der Waals surface area (Å²) >= 11 is 0. The van der Waals surface area contributed by atoms with Gasteiger partial charge in [0.25, 0.3) is 0 Å². The largest absolute Gasteiger partial charge is 0.488 e. The van der Waals surface area contributed by atoms with Gasteiger partial charge in [-0.3, -0.25) is 0 Å². The first-order valence-electron chi connectivity index (χ1n) is 5.76. The second-order valence-corrected chi connectivity index (χ2v) is 6.62. The Labute approximate surface area is 111 Å². The van der Waals surface area contributed by atoms with Gasteiger partial charge in [-0.2, -0.15) is 0 Å². The Morgan fingerprint density at radius 3 is 2.74 bits per heavy atom. The van der Waals surface area contributed by atoms with Gasteiger partial charge in [0.2, 0.25) is 0 Å². The summed E-state index contributed by atoms with van der Waals surface area (Å²) in [6, 6.07) is 4.59. The second-order valence-electron chi connectivity index (χ2n) is 4.39. The Bertz CT molecular complexity index is 596. The lowest BCUT2D eigenvalue weighted by molar-refractivity contribution is 0.0594. The number of ether oxygens (including phenoxy) is 2. The fourth-order valence-corrected chi connectivity index (χ4v) is 3.54. The standard InChI is InChI=1S/C12H15NO5S/c1-17-12(14)10-6-8(13)2-3-11(10)18-9-4-5-19(15,16)7-9/h2-3,6,9H,4-5,7,13H2,1H3. The summed E-state index contributed by atoms with van der Waals surface area (Å²) in [4.78, 5) is 11.6. The summed E-state index contributed by atoms with van der Waals surface area (Å²) in [5.74, 6) is -0.190. The Kier molecular flexibility index (Phi) is 3.66. The van der Waals surface area contributed by atoms with Crippen LogP contribution in [0, 0.1) is 0 Å². The maximum absolute atomic E-state index is 11.6. The molecule has 0 aromatic heterocycles. The number of esters is 1. The number of carbonyl (C=O) groups is 1. The quantitative estimate of drug-likeness (QED) is 0.646. The molecule has 19 heavy (non-hydrogen) atoms. The summed E-state index contributed by atoms with van der Waals surface area (Å²) < 4.78 is 33.0. The predicted molar refractivity (Wildman–Crippen MR) is 69.9 cm³/mol. The molecule has 0 saturated carbocycles. The van der Waals surface area contributed by atoms with Crippen LogP contribution in [-0.2, 0) is 14.6 Å². The molecule has 1 fully saturated rings. The number of carbonyl (C=O) groups excluding carboxylic acids is 1. The first kappa shape index (κ1) is 13.7. The highest BCUT2D eigenvalue weighted by atomic mass is 32.2. The van der Waals surface area contributed by atoms with Crippen molar-refractivity contribution in [1.29, 1.82) is 0 Å². The van der Waals surface area contributed by atoms with E-state index in [2.05, 4.69) is 4.74 Å². The van der Waals surface area contributed by atoms with E-state index in [1.165, 1.54) is 13.2 Å². The normalized spacial score (nSPS) is 21.0. The molecule has 2 N–H and O–H groups in total. The molecule has 1 aromatic rings. The van der Waals surface area contributed by atoms with Crippen molar-refractivity contribution < 1.29 is 22.7 Å². The van der Waals surface area contributed by atoms with E-state index in [0.717, 1.165) is 0 Å². The minimum atomic E-state index is -3.03. The minimum absolute atomic E-state index is 0.0298. The number of methoxy groups -OCH3 is 1. The van der Waals surface area contributed by atoms with Crippen LogP contribution in [-0.4, -0.2) is 39.1 Å². The molecule has 0 spiro atoms. The van der Waals surface area contributed by atoms with Gasteiger partial charge in [0.15, 0.2) is 9.84 Å². The topological polar surface area (TPSA) is 95.7 Å². The first-order chi connectivity index (χ1) is 8.91. The number of nitrogen functional groups attached to an aromatic ring is 1. The Morgan fingerprint density at radius 1 is 1.42 bits per heavy atom. The van der Waals surface area contributed by atoms with Gasteiger partial charge in [-0.15, -0.1) is 0 Å². The molecule has 2 rings (SSSR count). The third-order valence-corrected chi connectivity index (χ3v) is 4.63. The highest BCUT2D eigenvalue weighted by Crippen LogP contribution is 2.26. The van der Waals surface area contributed by atoms with Crippen LogP contribution in [0.4, 0.5) is 5.69 Å². The van der Waals surface area contributed by atoms with Crippen molar-refractivity contribution >= 4 is 21.5 Å². The van der Waals surface area contributed by atoms with Crippen LogP contribution in [0.1, 0.15) is 16.8 Å². The van der Waals surface area contributed by atoms with Crippen LogP contribution in [0.5, 0.6) is 5.75 Å². The number of anilines is 1. The van der Waals surface area contributed by atoms with Gasteiger partial charge in [-0.25, -0.2) is 13.2 Å². The molecule has 1 aromatic carbocycles. The summed E-state index contributed by atoms with van der Waals surface area (Å²) in [6.07, 6.45) is -0.00937. The van der Waals surface area contributed by atoms with E-state index in [1.807, 2.05) is 0 Å². The van der Waals surface area contributed by atoms with E-state index >= 15 is 0 Å². The van der Waals surface area contributed by atoms with Gasteiger partial charge in [-0.05, 0) is 24.6 Å². The maximum Gasteiger partial charge on any atom is 0.341 e. The molecule has 0 bridgehead atoms. The van der Waals surface area contributed by atoms with Gasteiger partial charge < -0.3 is 15.2 Å². The fourth-order valence-electron chi connectivity index (χ4n) is 1.95. The highest BCUT2D eigenvalue weighted by Gasteiger charge is 2.30. The molecule has 1 atom stereocenters. The lowest BCUT2D eigenvalue weighted by atomic mass is 10.1.